The van der Waals surface area contributed by atoms with Gasteiger partial charge in [-0.2, -0.15) is 14.6 Å². The molecule has 154 valence electrons. The first-order chi connectivity index (χ1) is 14.0. The predicted octanol–water partition coefficient (Wildman–Crippen LogP) is 2.47. The summed E-state index contributed by atoms with van der Waals surface area (Å²) >= 11 is 0. The zero-order chi connectivity index (χ0) is 20.4. The molecule has 1 aromatic heterocycles. The molecule has 2 saturated heterocycles. The van der Waals surface area contributed by atoms with Crippen LogP contribution in [0.15, 0.2) is 33.6 Å². The van der Waals surface area contributed by atoms with E-state index in [9.17, 15) is 13.7 Å². The molecule has 0 amide bonds. The lowest BCUT2D eigenvalue weighted by atomic mass is 10.0. The van der Waals surface area contributed by atoms with Gasteiger partial charge in [0, 0.05) is 31.7 Å². The number of rotatable bonds is 4. The van der Waals surface area contributed by atoms with Gasteiger partial charge in [0.05, 0.1) is 18.1 Å². The van der Waals surface area contributed by atoms with E-state index in [4.69, 9.17) is 9.15 Å². The lowest BCUT2D eigenvalue weighted by molar-refractivity contribution is 0.121. The summed E-state index contributed by atoms with van der Waals surface area (Å²) < 4.78 is 38.5. The predicted molar refractivity (Wildman–Crippen MR) is 107 cm³/mol. The molecule has 0 unspecified atom stereocenters. The molecule has 4 rings (SSSR count). The Morgan fingerprint density at radius 1 is 1.10 bits per heavy atom. The highest BCUT2D eigenvalue weighted by Gasteiger charge is 2.28. The number of hydrogen-bond donors (Lipinski definition) is 0. The van der Waals surface area contributed by atoms with E-state index in [2.05, 4.69) is 18.0 Å². The highest BCUT2D eigenvalue weighted by atomic mass is 32.2. The minimum Gasteiger partial charge on any atom is -0.419 e. The quantitative estimate of drug-likeness (QED) is 0.755. The van der Waals surface area contributed by atoms with E-state index in [1.165, 1.54) is 0 Å². The van der Waals surface area contributed by atoms with Crippen molar-refractivity contribution in [1.29, 1.82) is 5.26 Å². The van der Waals surface area contributed by atoms with Gasteiger partial charge in [-0.1, -0.05) is 6.92 Å². The van der Waals surface area contributed by atoms with Crippen molar-refractivity contribution >= 4 is 15.9 Å². The lowest BCUT2D eigenvalue weighted by Gasteiger charge is -2.29. The molecular weight excluding hydrogens is 392 g/mol. The highest BCUT2D eigenvalue weighted by molar-refractivity contribution is 7.89. The second-order valence-corrected chi connectivity index (χ2v) is 9.43. The fourth-order valence-electron chi connectivity index (χ4n) is 3.63. The van der Waals surface area contributed by atoms with Crippen LogP contribution in [-0.2, 0) is 14.8 Å². The molecule has 2 fully saturated rings. The summed E-state index contributed by atoms with van der Waals surface area (Å²) in [6, 6.07) is 8.58. The summed E-state index contributed by atoms with van der Waals surface area (Å²) in [4.78, 5) is 6.49. The van der Waals surface area contributed by atoms with Crippen LogP contribution in [0.1, 0.15) is 25.5 Å². The van der Waals surface area contributed by atoms with Crippen LogP contribution in [0.25, 0.3) is 11.5 Å². The number of nitrogens with zero attached hydrogens (tertiary/aromatic N) is 4. The molecule has 29 heavy (non-hydrogen) atoms. The maximum absolute atomic E-state index is 12.9. The molecule has 0 radical (unpaired) electrons. The van der Waals surface area contributed by atoms with Gasteiger partial charge in [0.15, 0.2) is 0 Å². The van der Waals surface area contributed by atoms with Crippen molar-refractivity contribution < 1.29 is 17.6 Å². The van der Waals surface area contributed by atoms with Crippen molar-refractivity contribution in [3.05, 3.63) is 30.0 Å². The Kier molecular flexibility index (Phi) is 5.58. The fraction of sp³-hybridized carbons (Fsp3) is 0.500. The molecule has 2 aliphatic rings. The molecule has 2 aliphatic heterocycles. The largest absolute Gasteiger partial charge is 0.419 e. The van der Waals surface area contributed by atoms with Crippen molar-refractivity contribution in [2.45, 2.75) is 24.7 Å². The second-order valence-electron chi connectivity index (χ2n) is 7.49. The third kappa shape index (κ3) is 4.01. The Morgan fingerprint density at radius 2 is 1.76 bits per heavy atom. The second kappa shape index (κ2) is 8.14. The van der Waals surface area contributed by atoms with Crippen molar-refractivity contribution in [1.82, 2.24) is 9.29 Å². The number of morpholine rings is 1. The molecule has 0 atom stereocenters. The number of benzene rings is 1. The number of hydrogen-bond acceptors (Lipinski definition) is 7. The van der Waals surface area contributed by atoms with E-state index < -0.39 is 10.0 Å². The van der Waals surface area contributed by atoms with Gasteiger partial charge in [-0.3, -0.25) is 0 Å². The number of nitriles is 1. The normalized spacial score (nSPS) is 19.2. The molecule has 0 aliphatic carbocycles. The van der Waals surface area contributed by atoms with E-state index in [1.807, 2.05) is 4.90 Å². The number of aromatic nitrogens is 1. The Labute approximate surface area is 170 Å². The molecule has 2 aromatic rings. The van der Waals surface area contributed by atoms with Crippen LogP contribution in [0.3, 0.4) is 0 Å². The van der Waals surface area contributed by atoms with Gasteiger partial charge in [-0.05, 0) is 43.0 Å². The zero-order valence-electron chi connectivity index (χ0n) is 16.4. The average molecular weight is 417 g/mol. The van der Waals surface area contributed by atoms with Crippen LogP contribution in [-0.4, -0.2) is 57.1 Å². The minimum atomic E-state index is -3.50. The standard InChI is InChI=1S/C20H24N4O4S/c1-15-6-8-24(9-7-15)29(25,26)17-4-2-16(3-5-17)19-22-18(14-21)20(28-19)23-10-12-27-13-11-23/h2-5,15H,6-13H2,1H3. The van der Waals surface area contributed by atoms with E-state index in [0.29, 0.717) is 62.6 Å². The van der Waals surface area contributed by atoms with E-state index in [1.54, 1.807) is 28.6 Å². The van der Waals surface area contributed by atoms with Gasteiger partial charge in [-0.25, -0.2) is 8.42 Å². The van der Waals surface area contributed by atoms with Crippen LogP contribution < -0.4 is 4.90 Å². The van der Waals surface area contributed by atoms with Gasteiger partial charge < -0.3 is 14.1 Å². The summed E-state index contributed by atoms with van der Waals surface area (Å²) in [5.41, 5.74) is 0.855. The third-order valence-corrected chi connectivity index (χ3v) is 7.41. The van der Waals surface area contributed by atoms with Gasteiger partial charge in [0.1, 0.15) is 6.07 Å². The molecule has 0 saturated carbocycles. The molecular formula is C20H24N4O4S. The summed E-state index contributed by atoms with van der Waals surface area (Å²) in [5, 5.41) is 9.41. The molecule has 0 spiro atoms. The summed E-state index contributed by atoms with van der Waals surface area (Å²) in [6.07, 6.45) is 1.77. The molecule has 0 N–H and O–H groups in total. The van der Waals surface area contributed by atoms with Crippen LogP contribution >= 0.6 is 0 Å². The molecule has 8 nitrogen and oxygen atoms in total. The maximum Gasteiger partial charge on any atom is 0.243 e. The van der Waals surface area contributed by atoms with Crippen molar-refractivity contribution in [2.75, 3.05) is 44.3 Å². The third-order valence-electron chi connectivity index (χ3n) is 5.50. The topological polar surface area (TPSA) is 99.7 Å². The van der Waals surface area contributed by atoms with E-state index in [-0.39, 0.29) is 10.6 Å². The van der Waals surface area contributed by atoms with Crippen LogP contribution in [0.4, 0.5) is 5.88 Å². The molecule has 0 bridgehead atoms. The number of oxazole rings is 1. The SMILES string of the molecule is CC1CCN(S(=O)(=O)c2ccc(-c3nc(C#N)c(N4CCOCC4)o3)cc2)CC1. The van der Waals surface area contributed by atoms with Crippen molar-refractivity contribution in [2.24, 2.45) is 5.92 Å². The van der Waals surface area contributed by atoms with Gasteiger partial charge in [0.2, 0.25) is 27.5 Å². The Hall–Kier alpha value is -2.41. The van der Waals surface area contributed by atoms with Crippen LogP contribution in [0, 0.1) is 17.2 Å². The van der Waals surface area contributed by atoms with Gasteiger partial charge in [-0.15, -0.1) is 0 Å². The van der Waals surface area contributed by atoms with Gasteiger partial charge in [0.25, 0.3) is 0 Å². The minimum absolute atomic E-state index is 0.223. The zero-order valence-corrected chi connectivity index (χ0v) is 17.2. The van der Waals surface area contributed by atoms with Crippen molar-refractivity contribution in [3.8, 4) is 17.5 Å². The Balaban J connectivity index is 1.56. The monoisotopic (exact) mass is 416 g/mol. The fourth-order valence-corrected chi connectivity index (χ4v) is 5.10. The number of ether oxygens (including phenoxy) is 1. The van der Waals surface area contributed by atoms with Crippen LogP contribution in [0.5, 0.6) is 0 Å². The smallest absolute Gasteiger partial charge is 0.243 e. The first-order valence-corrected chi connectivity index (χ1v) is 11.3. The van der Waals surface area contributed by atoms with Crippen molar-refractivity contribution in [3.63, 3.8) is 0 Å². The first kappa shape index (κ1) is 19.9. The maximum atomic E-state index is 12.9. The summed E-state index contributed by atoms with van der Waals surface area (Å²) in [6.45, 7) is 5.67. The first-order valence-electron chi connectivity index (χ1n) is 9.83. The average Bonchev–Trinajstić information content (AvgIpc) is 3.19. The Morgan fingerprint density at radius 3 is 2.38 bits per heavy atom. The van der Waals surface area contributed by atoms with E-state index >= 15 is 0 Å². The molecule has 9 heteroatoms. The number of piperidine rings is 1. The van der Waals surface area contributed by atoms with Crippen LogP contribution in [0.2, 0.25) is 0 Å². The van der Waals surface area contributed by atoms with E-state index in [0.717, 1.165) is 12.8 Å². The lowest BCUT2D eigenvalue weighted by Crippen LogP contribution is -2.37. The molecule has 1 aromatic carbocycles. The number of sulfonamides is 1. The summed E-state index contributed by atoms with van der Waals surface area (Å²) in [5.74, 6) is 1.30. The summed E-state index contributed by atoms with van der Waals surface area (Å²) in [7, 11) is -3.50. The Bertz CT molecular complexity index is 996. The number of anilines is 1. The van der Waals surface area contributed by atoms with Gasteiger partial charge >= 0.3 is 0 Å². The molecule has 3 heterocycles. The highest BCUT2D eigenvalue weighted by Crippen LogP contribution is 2.30.